The lowest BCUT2D eigenvalue weighted by molar-refractivity contribution is 0.358. The monoisotopic (exact) mass is 316 g/mol. The van der Waals surface area contributed by atoms with Crippen LogP contribution in [0.2, 0.25) is 5.02 Å². The molecule has 0 bridgehead atoms. The zero-order chi connectivity index (χ0) is 14.8. The van der Waals surface area contributed by atoms with E-state index in [1.54, 1.807) is 18.2 Å². The van der Waals surface area contributed by atoms with Crippen molar-refractivity contribution in [2.45, 2.75) is 38.6 Å². The van der Waals surface area contributed by atoms with Crippen LogP contribution in [0.3, 0.4) is 0 Å². The minimum Gasteiger partial charge on any atom is -0.381 e. The predicted octanol–water partition coefficient (Wildman–Crippen LogP) is 3.70. The second-order valence-electron chi connectivity index (χ2n) is 5.68. The minimum absolute atomic E-state index is 0.407. The molecule has 2 rings (SSSR count). The lowest BCUT2D eigenvalue weighted by Crippen LogP contribution is -2.26. The Morgan fingerprint density at radius 1 is 1.30 bits per heavy atom. The van der Waals surface area contributed by atoms with Crippen LogP contribution in [0.4, 0.5) is 11.4 Å². The molecule has 1 aliphatic carbocycles. The van der Waals surface area contributed by atoms with Crippen molar-refractivity contribution in [3.05, 3.63) is 23.2 Å². The smallest absolute Gasteiger partial charge is 0.229 e. The van der Waals surface area contributed by atoms with E-state index < -0.39 is 10.0 Å². The van der Waals surface area contributed by atoms with E-state index in [9.17, 15) is 8.42 Å². The topological polar surface area (TPSA) is 58.2 Å². The van der Waals surface area contributed by atoms with Gasteiger partial charge in [0.2, 0.25) is 10.0 Å². The highest BCUT2D eigenvalue weighted by atomic mass is 35.5. The van der Waals surface area contributed by atoms with Gasteiger partial charge in [0.15, 0.2) is 0 Å². The molecule has 0 spiro atoms. The number of anilines is 2. The Kier molecular flexibility index (Phi) is 4.81. The van der Waals surface area contributed by atoms with E-state index in [-0.39, 0.29) is 0 Å². The molecule has 2 unspecified atom stereocenters. The summed E-state index contributed by atoms with van der Waals surface area (Å²) in [5.41, 5.74) is 1.32. The third-order valence-electron chi connectivity index (χ3n) is 3.57. The van der Waals surface area contributed by atoms with E-state index in [4.69, 9.17) is 11.6 Å². The molecule has 0 amide bonds. The van der Waals surface area contributed by atoms with Crippen LogP contribution in [0.15, 0.2) is 18.2 Å². The van der Waals surface area contributed by atoms with Crippen LogP contribution in [-0.4, -0.2) is 20.7 Å². The summed E-state index contributed by atoms with van der Waals surface area (Å²) in [5.74, 6) is 0.720. The Balaban J connectivity index is 2.12. The van der Waals surface area contributed by atoms with Crippen molar-refractivity contribution in [3.63, 3.8) is 0 Å². The third-order valence-corrected chi connectivity index (χ3v) is 4.50. The summed E-state index contributed by atoms with van der Waals surface area (Å²) in [6.45, 7) is 2.26. The molecular formula is C14H21ClN2O2S. The fraction of sp³-hybridized carbons (Fsp3) is 0.571. The lowest BCUT2D eigenvalue weighted by atomic mass is 9.87. The zero-order valence-corrected chi connectivity index (χ0v) is 13.4. The summed E-state index contributed by atoms with van der Waals surface area (Å²) in [7, 11) is -3.27. The van der Waals surface area contributed by atoms with Crippen molar-refractivity contribution in [1.82, 2.24) is 0 Å². The van der Waals surface area contributed by atoms with Gasteiger partial charge in [0.25, 0.3) is 0 Å². The predicted molar refractivity (Wildman–Crippen MR) is 85.0 cm³/mol. The number of sulfonamides is 1. The molecule has 0 radical (unpaired) electrons. The molecule has 0 saturated heterocycles. The molecule has 1 saturated carbocycles. The maximum absolute atomic E-state index is 11.3. The van der Waals surface area contributed by atoms with Crippen molar-refractivity contribution < 1.29 is 8.42 Å². The van der Waals surface area contributed by atoms with Gasteiger partial charge in [-0.25, -0.2) is 8.42 Å². The van der Waals surface area contributed by atoms with Crippen LogP contribution in [0.5, 0.6) is 0 Å². The summed E-state index contributed by atoms with van der Waals surface area (Å²) < 4.78 is 25.0. The number of hydrogen-bond acceptors (Lipinski definition) is 3. The van der Waals surface area contributed by atoms with Gasteiger partial charge in [0.1, 0.15) is 0 Å². The summed E-state index contributed by atoms with van der Waals surface area (Å²) in [6.07, 6.45) is 5.89. The molecule has 112 valence electrons. The van der Waals surface area contributed by atoms with Crippen molar-refractivity contribution in [2.24, 2.45) is 5.92 Å². The second-order valence-corrected chi connectivity index (χ2v) is 7.84. The van der Waals surface area contributed by atoms with Gasteiger partial charge in [-0.1, -0.05) is 31.4 Å². The summed E-state index contributed by atoms with van der Waals surface area (Å²) in [4.78, 5) is 0. The second kappa shape index (κ2) is 6.22. The molecule has 6 heteroatoms. The molecular weight excluding hydrogens is 296 g/mol. The first-order valence-electron chi connectivity index (χ1n) is 6.87. The number of nitrogens with one attached hydrogen (secondary N) is 2. The van der Waals surface area contributed by atoms with Crippen molar-refractivity contribution in [3.8, 4) is 0 Å². The number of rotatable bonds is 4. The van der Waals surface area contributed by atoms with E-state index >= 15 is 0 Å². The highest BCUT2D eigenvalue weighted by molar-refractivity contribution is 7.92. The van der Waals surface area contributed by atoms with E-state index in [2.05, 4.69) is 17.0 Å². The fourth-order valence-electron chi connectivity index (χ4n) is 2.70. The Morgan fingerprint density at radius 3 is 2.70 bits per heavy atom. The van der Waals surface area contributed by atoms with Crippen LogP contribution in [0.25, 0.3) is 0 Å². The quantitative estimate of drug-likeness (QED) is 0.890. The van der Waals surface area contributed by atoms with Gasteiger partial charge >= 0.3 is 0 Å². The highest BCUT2D eigenvalue weighted by Gasteiger charge is 2.19. The Bertz CT molecular complexity index is 575. The number of hydrogen-bond donors (Lipinski definition) is 2. The van der Waals surface area contributed by atoms with Gasteiger partial charge in [0.05, 0.1) is 22.7 Å². The molecule has 0 heterocycles. The summed E-state index contributed by atoms with van der Waals surface area (Å²) in [6, 6.07) is 5.54. The fourth-order valence-corrected chi connectivity index (χ4v) is 3.43. The van der Waals surface area contributed by atoms with Crippen LogP contribution >= 0.6 is 11.6 Å². The molecule has 0 aliphatic heterocycles. The molecule has 20 heavy (non-hydrogen) atoms. The first-order chi connectivity index (χ1) is 9.33. The van der Waals surface area contributed by atoms with Crippen LogP contribution < -0.4 is 10.0 Å². The van der Waals surface area contributed by atoms with Crippen LogP contribution in [0.1, 0.15) is 32.6 Å². The standard InChI is InChI=1S/C14H21ClN2O2S/c1-10-4-3-5-11(8-10)16-14-9-12(6-7-13(14)15)17-20(2,18)19/h6-7,9-11,16-17H,3-5,8H2,1-2H3. The molecule has 0 aromatic heterocycles. The average molecular weight is 317 g/mol. The lowest BCUT2D eigenvalue weighted by Gasteiger charge is -2.28. The van der Waals surface area contributed by atoms with Gasteiger partial charge in [-0.3, -0.25) is 4.72 Å². The van der Waals surface area contributed by atoms with Gasteiger partial charge in [-0.15, -0.1) is 0 Å². The summed E-state index contributed by atoms with van der Waals surface area (Å²) >= 11 is 6.18. The Hall–Kier alpha value is -0.940. The minimum atomic E-state index is -3.27. The van der Waals surface area contributed by atoms with Crippen LogP contribution in [-0.2, 0) is 10.0 Å². The van der Waals surface area contributed by atoms with E-state index in [0.29, 0.717) is 16.8 Å². The Morgan fingerprint density at radius 2 is 2.05 bits per heavy atom. The van der Waals surface area contributed by atoms with Crippen molar-refractivity contribution in [2.75, 3.05) is 16.3 Å². The maximum Gasteiger partial charge on any atom is 0.229 e. The maximum atomic E-state index is 11.3. The molecule has 2 N–H and O–H groups in total. The summed E-state index contributed by atoms with van der Waals surface area (Å²) in [5, 5.41) is 4.05. The first kappa shape index (κ1) is 15.4. The van der Waals surface area contributed by atoms with Crippen LogP contribution in [0, 0.1) is 5.92 Å². The molecule has 1 aliphatic rings. The van der Waals surface area contributed by atoms with E-state index in [1.807, 2.05) is 0 Å². The largest absolute Gasteiger partial charge is 0.381 e. The van der Waals surface area contributed by atoms with Crippen molar-refractivity contribution >= 4 is 33.0 Å². The van der Waals surface area contributed by atoms with Gasteiger partial charge in [-0.05, 0) is 37.0 Å². The SMILES string of the molecule is CC1CCCC(Nc2cc(NS(C)(=O)=O)ccc2Cl)C1. The van der Waals surface area contributed by atoms with Gasteiger partial charge < -0.3 is 5.32 Å². The molecule has 2 atom stereocenters. The first-order valence-corrected chi connectivity index (χ1v) is 9.14. The average Bonchev–Trinajstić information content (AvgIpc) is 2.32. The van der Waals surface area contributed by atoms with Crippen molar-refractivity contribution in [1.29, 1.82) is 0 Å². The molecule has 4 nitrogen and oxygen atoms in total. The third kappa shape index (κ3) is 4.56. The molecule has 1 aromatic rings. The zero-order valence-electron chi connectivity index (χ0n) is 11.8. The normalized spacial score (nSPS) is 23.4. The molecule has 1 aromatic carbocycles. The van der Waals surface area contributed by atoms with E-state index in [1.165, 1.54) is 12.8 Å². The highest BCUT2D eigenvalue weighted by Crippen LogP contribution is 2.31. The van der Waals surface area contributed by atoms with Gasteiger partial charge in [-0.2, -0.15) is 0 Å². The number of halogens is 1. The molecule has 1 fully saturated rings. The van der Waals surface area contributed by atoms with Gasteiger partial charge in [0, 0.05) is 6.04 Å². The van der Waals surface area contributed by atoms with E-state index in [0.717, 1.165) is 30.7 Å². The number of benzene rings is 1. The Labute approximate surface area is 126 Å².